The van der Waals surface area contributed by atoms with Gasteiger partial charge in [-0.25, -0.2) is 4.98 Å². The number of nitrogens with zero attached hydrogens (tertiary/aromatic N) is 1. The Hall–Kier alpha value is -0.740. The zero-order valence-corrected chi connectivity index (χ0v) is 9.59. The van der Waals surface area contributed by atoms with Crippen molar-refractivity contribution in [3.05, 3.63) is 18.3 Å². The van der Waals surface area contributed by atoms with Crippen LogP contribution in [-0.2, 0) is 0 Å². The van der Waals surface area contributed by atoms with Gasteiger partial charge in [-0.05, 0) is 44.0 Å². The quantitative estimate of drug-likeness (QED) is 0.767. The van der Waals surface area contributed by atoms with Crippen molar-refractivity contribution >= 4 is 17.6 Å². The van der Waals surface area contributed by atoms with E-state index in [1.54, 1.807) is 0 Å². The lowest BCUT2D eigenvalue weighted by Gasteiger charge is -2.22. The van der Waals surface area contributed by atoms with Crippen LogP contribution in [0.3, 0.4) is 0 Å². The van der Waals surface area contributed by atoms with Gasteiger partial charge in [-0.2, -0.15) is 0 Å². The smallest absolute Gasteiger partial charge is 0.123 e. The van der Waals surface area contributed by atoms with Crippen molar-refractivity contribution in [2.45, 2.75) is 17.7 Å². The highest BCUT2D eigenvalue weighted by molar-refractivity contribution is 7.99. The third-order valence-electron chi connectivity index (χ3n) is 2.64. The first-order valence-corrected chi connectivity index (χ1v) is 6.38. The summed E-state index contributed by atoms with van der Waals surface area (Å²) in [6.07, 6.45) is 4.52. The van der Waals surface area contributed by atoms with Gasteiger partial charge in [0.2, 0.25) is 0 Å². The van der Waals surface area contributed by atoms with E-state index >= 15 is 0 Å². The molecule has 0 radical (unpaired) electrons. The lowest BCUT2D eigenvalue weighted by molar-refractivity contribution is 0.410. The van der Waals surface area contributed by atoms with E-state index in [4.69, 9.17) is 5.73 Å². The van der Waals surface area contributed by atoms with Crippen LogP contribution in [0.25, 0.3) is 0 Å². The van der Waals surface area contributed by atoms with E-state index in [1.165, 1.54) is 30.0 Å². The first-order valence-electron chi connectivity index (χ1n) is 5.39. The number of nitrogens with one attached hydrogen (secondary N) is 1. The molecule has 0 amide bonds. The Labute approximate surface area is 94.8 Å². The number of rotatable bonds is 3. The molecule has 0 aromatic carbocycles. The number of aromatic nitrogens is 1. The molecule has 1 fully saturated rings. The molecule has 1 saturated heterocycles. The molecule has 0 saturated carbocycles. The number of nitrogens with two attached hydrogens (primary N) is 1. The molecule has 4 heteroatoms. The summed E-state index contributed by atoms with van der Waals surface area (Å²) in [6.45, 7) is 2.35. The van der Waals surface area contributed by atoms with E-state index in [9.17, 15) is 0 Å². The summed E-state index contributed by atoms with van der Waals surface area (Å²) < 4.78 is 0. The predicted octanol–water partition coefficient (Wildman–Crippen LogP) is 1.76. The molecule has 3 N–H and O–H groups in total. The van der Waals surface area contributed by atoms with Crippen LogP contribution in [0.2, 0.25) is 0 Å². The van der Waals surface area contributed by atoms with Gasteiger partial charge in [-0.3, -0.25) is 0 Å². The Bertz CT molecular complexity index is 293. The van der Waals surface area contributed by atoms with E-state index < -0.39 is 0 Å². The standard InChI is InChI=1S/C11H17N3S/c12-11-4-3-10(7-14-11)15-8-9-2-1-5-13-6-9/h3-4,7,9,13H,1-2,5-6,8H2,(H2,12,14). The van der Waals surface area contributed by atoms with Gasteiger partial charge in [-0.1, -0.05) is 0 Å². The summed E-state index contributed by atoms with van der Waals surface area (Å²) in [5, 5.41) is 3.43. The Kier molecular flexibility index (Phi) is 3.86. The molecule has 1 aliphatic rings. The van der Waals surface area contributed by atoms with Gasteiger partial charge in [0.15, 0.2) is 0 Å². The fourth-order valence-corrected chi connectivity index (χ4v) is 2.76. The maximum atomic E-state index is 5.54. The Morgan fingerprint density at radius 3 is 3.13 bits per heavy atom. The first-order chi connectivity index (χ1) is 7.34. The molecule has 15 heavy (non-hydrogen) atoms. The van der Waals surface area contributed by atoms with Gasteiger partial charge in [0.05, 0.1) is 0 Å². The van der Waals surface area contributed by atoms with Crippen LogP contribution in [0.1, 0.15) is 12.8 Å². The number of nitrogen functional groups attached to an aromatic ring is 1. The van der Waals surface area contributed by atoms with Crippen molar-refractivity contribution in [2.75, 3.05) is 24.6 Å². The number of piperidine rings is 1. The van der Waals surface area contributed by atoms with Crippen LogP contribution in [0.4, 0.5) is 5.82 Å². The van der Waals surface area contributed by atoms with Gasteiger partial charge >= 0.3 is 0 Å². The number of thioether (sulfide) groups is 1. The second-order valence-electron chi connectivity index (χ2n) is 3.94. The average Bonchev–Trinajstić information content (AvgIpc) is 2.30. The van der Waals surface area contributed by atoms with E-state index in [0.717, 1.165) is 12.5 Å². The molecule has 1 aromatic rings. The van der Waals surface area contributed by atoms with Crippen LogP contribution < -0.4 is 11.1 Å². The molecular weight excluding hydrogens is 206 g/mol. The summed E-state index contributed by atoms with van der Waals surface area (Å²) in [5.74, 6) is 2.58. The summed E-state index contributed by atoms with van der Waals surface area (Å²) in [4.78, 5) is 5.30. The summed E-state index contributed by atoms with van der Waals surface area (Å²) in [6, 6.07) is 3.91. The molecule has 0 spiro atoms. The number of pyridine rings is 1. The highest BCUT2D eigenvalue weighted by Gasteiger charge is 2.12. The number of anilines is 1. The summed E-state index contributed by atoms with van der Waals surface area (Å²) >= 11 is 1.88. The monoisotopic (exact) mass is 223 g/mol. The molecule has 82 valence electrons. The van der Waals surface area contributed by atoms with Gasteiger partial charge in [0, 0.05) is 16.8 Å². The predicted molar refractivity (Wildman–Crippen MR) is 65.0 cm³/mol. The Balaban J connectivity index is 1.79. The minimum absolute atomic E-state index is 0.596. The van der Waals surface area contributed by atoms with Crippen molar-refractivity contribution in [3.63, 3.8) is 0 Å². The maximum absolute atomic E-state index is 5.54. The highest BCUT2D eigenvalue weighted by atomic mass is 32.2. The minimum Gasteiger partial charge on any atom is -0.384 e. The zero-order chi connectivity index (χ0) is 10.5. The van der Waals surface area contributed by atoms with E-state index in [2.05, 4.69) is 10.3 Å². The molecule has 1 atom stereocenters. The number of hydrogen-bond donors (Lipinski definition) is 2. The number of hydrogen-bond acceptors (Lipinski definition) is 4. The fourth-order valence-electron chi connectivity index (χ4n) is 1.76. The van der Waals surface area contributed by atoms with Crippen molar-refractivity contribution in [3.8, 4) is 0 Å². The van der Waals surface area contributed by atoms with Crippen LogP contribution >= 0.6 is 11.8 Å². The summed E-state index contributed by atoms with van der Waals surface area (Å²) in [5.41, 5.74) is 5.54. The van der Waals surface area contributed by atoms with Crippen molar-refractivity contribution < 1.29 is 0 Å². The average molecular weight is 223 g/mol. The van der Waals surface area contributed by atoms with Crippen LogP contribution in [0, 0.1) is 5.92 Å². The molecule has 2 heterocycles. The molecule has 2 rings (SSSR count). The third-order valence-corrected chi connectivity index (χ3v) is 3.86. The van der Waals surface area contributed by atoms with Gasteiger partial charge in [-0.15, -0.1) is 11.8 Å². The minimum atomic E-state index is 0.596. The van der Waals surface area contributed by atoms with Crippen molar-refractivity contribution in [2.24, 2.45) is 5.92 Å². The lowest BCUT2D eigenvalue weighted by Crippen LogP contribution is -2.30. The molecule has 1 unspecified atom stereocenters. The molecule has 3 nitrogen and oxygen atoms in total. The Morgan fingerprint density at radius 2 is 2.47 bits per heavy atom. The van der Waals surface area contributed by atoms with Gasteiger partial charge in [0.1, 0.15) is 5.82 Å². The van der Waals surface area contributed by atoms with E-state index in [1.807, 2.05) is 30.1 Å². The molecular formula is C11H17N3S. The van der Waals surface area contributed by atoms with Crippen LogP contribution in [0.5, 0.6) is 0 Å². The SMILES string of the molecule is Nc1ccc(SCC2CCCNC2)cn1. The molecule has 0 bridgehead atoms. The second-order valence-corrected chi connectivity index (χ2v) is 5.04. The molecule has 1 aliphatic heterocycles. The highest BCUT2D eigenvalue weighted by Crippen LogP contribution is 2.23. The first kappa shape index (κ1) is 10.8. The maximum Gasteiger partial charge on any atom is 0.123 e. The fraction of sp³-hybridized carbons (Fsp3) is 0.545. The topological polar surface area (TPSA) is 50.9 Å². The largest absolute Gasteiger partial charge is 0.384 e. The van der Waals surface area contributed by atoms with Gasteiger partial charge in [0.25, 0.3) is 0 Å². The lowest BCUT2D eigenvalue weighted by atomic mass is 10.0. The van der Waals surface area contributed by atoms with Crippen molar-refractivity contribution in [1.82, 2.24) is 10.3 Å². The molecule has 1 aromatic heterocycles. The second kappa shape index (κ2) is 5.37. The Morgan fingerprint density at radius 1 is 1.53 bits per heavy atom. The third kappa shape index (κ3) is 3.39. The van der Waals surface area contributed by atoms with Crippen LogP contribution in [0.15, 0.2) is 23.2 Å². The van der Waals surface area contributed by atoms with E-state index in [0.29, 0.717) is 5.82 Å². The van der Waals surface area contributed by atoms with Crippen LogP contribution in [-0.4, -0.2) is 23.8 Å². The molecule has 0 aliphatic carbocycles. The van der Waals surface area contributed by atoms with Gasteiger partial charge < -0.3 is 11.1 Å². The summed E-state index contributed by atoms with van der Waals surface area (Å²) in [7, 11) is 0. The zero-order valence-electron chi connectivity index (χ0n) is 8.78. The van der Waals surface area contributed by atoms with Crippen molar-refractivity contribution in [1.29, 1.82) is 0 Å². The van der Waals surface area contributed by atoms with E-state index in [-0.39, 0.29) is 0 Å². The normalized spacial score (nSPS) is 21.5.